The number of nitrogens with zero attached hydrogens (tertiary/aromatic N) is 1. The van der Waals surface area contributed by atoms with Gasteiger partial charge in [-0.2, -0.15) is 5.06 Å². The Bertz CT molecular complexity index is 1200. The first-order valence-electron chi connectivity index (χ1n) is 18.4. The minimum absolute atomic E-state index is 0.0593. The quantitative estimate of drug-likeness (QED) is 0.0797. The van der Waals surface area contributed by atoms with Crippen LogP contribution in [0.15, 0.2) is 60.7 Å². The Kier molecular flexibility index (Phi) is 16.8. The number of esters is 2. The zero-order valence-electron chi connectivity index (χ0n) is 32.1. The lowest BCUT2D eigenvalue weighted by Crippen LogP contribution is -2.56. The molecule has 4 atom stereocenters. The molecule has 0 aliphatic heterocycles. The summed E-state index contributed by atoms with van der Waals surface area (Å²) in [7, 11) is 1.43. The third-order valence-corrected chi connectivity index (χ3v) is 9.02. The van der Waals surface area contributed by atoms with Crippen molar-refractivity contribution in [1.29, 1.82) is 0 Å². The Balaban J connectivity index is 2.67. The maximum Gasteiger partial charge on any atom is 0.340 e. The number of hydroxylamine groups is 2. The van der Waals surface area contributed by atoms with E-state index in [4.69, 9.17) is 14.3 Å². The molecule has 2 aromatic rings. The number of benzene rings is 2. The van der Waals surface area contributed by atoms with Crippen molar-refractivity contribution in [1.82, 2.24) is 5.06 Å². The normalized spacial score (nSPS) is 15.5. The molecule has 0 saturated heterocycles. The molecule has 2 rings (SSSR count). The van der Waals surface area contributed by atoms with Crippen molar-refractivity contribution in [2.45, 2.75) is 162 Å². The fourth-order valence-electron chi connectivity index (χ4n) is 6.59. The third-order valence-electron chi connectivity index (χ3n) is 9.02. The van der Waals surface area contributed by atoms with E-state index in [-0.39, 0.29) is 30.3 Å². The van der Waals surface area contributed by atoms with Crippen LogP contribution >= 0.6 is 0 Å². The highest BCUT2D eigenvalue weighted by Crippen LogP contribution is 2.42. The molecule has 6 nitrogen and oxygen atoms in total. The van der Waals surface area contributed by atoms with E-state index in [0.717, 1.165) is 30.4 Å². The molecule has 2 aromatic carbocycles. The van der Waals surface area contributed by atoms with Gasteiger partial charge in [0.15, 0.2) is 5.60 Å². The first-order chi connectivity index (χ1) is 22.5. The highest BCUT2D eigenvalue weighted by Gasteiger charge is 2.50. The fraction of sp³-hybridized carbons (Fsp3) is 0.667. The van der Waals surface area contributed by atoms with E-state index in [0.29, 0.717) is 12.8 Å². The van der Waals surface area contributed by atoms with Gasteiger partial charge in [0.25, 0.3) is 0 Å². The summed E-state index contributed by atoms with van der Waals surface area (Å²) < 4.78 is 11.7. The summed E-state index contributed by atoms with van der Waals surface area (Å²) in [6.07, 6.45) is 8.81. The molecule has 0 aliphatic carbocycles. The van der Waals surface area contributed by atoms with Crippen LogP contribution in [-0.2, 0) is 23.9 Å². The molecule has 6 heteroatoms. The average Bonchev–Trinajstić information content (AvgIpc) is 3.02. The Morgan fingerprint density at radius 2 is 1.27 bits per heavy atom. The number of ether oxygens (including phenoxy) is 2. The van der Waals surface area contributed by atoms with Gasteiger partial charge in [-0.25, -0.2) is 4.79 Å². The molecule has 0 N–H and O–H groups in total. The highest BCUT2D eigenvalue weighted by atomic mass is 16.7. The van der Waals surface area contributed by atoms with Gasteiger partial charge >= 0.3 is 11.9 Å². The van der Waals surface area contributed by atoms with Gasteiger partial charge in [0.05, 0.1) is 19.1 Å². The third kappa shape index (κ3) is 13.3. The maximum atomic E-state index is 14.3. The Labute approximate surface area is 293 Å². The molecular formula is C42H67NO5. The minimum atomic E-state index is -1.40. The number of hydrogen-bond donors (Lipinski definition) is 0. The van der Waals surface area contributed by atoms with E-state index in [1.165, 1.54) is 32.8 Å². The topological polar surface area (TPSA) is 65.1 Å². The summed E-state index contributed by atoms with van der Waals surface area (Å²) in [6.45, 7) is 20.7. The molecule has 0 amide bonds. The molecule has 0 bridgehead atoms. The first-order valence-corrected chi connectivity index (χ1v) is 18.4. The van der Waals surface area contributed by atoms with Crippen molar-refractivity contribution in [3.8, 4) is 0 Å². The van der Waals surface area contributed by atoms with Crippen LogP contribution in [0.1, 0.15) is 157 Å². The molecule has 0 aliphatic rings. The monoisotopic (exact) mass is 666 g/mol. The first kappa shape index (κ1) is 41.5. The van der Waals surface area contributed by atoms with Gasteiger partial charge in [-0.05, 0) is 83.8 Å². The zero-order valence-corrected chi connectivity index (χ0v) is 32.1. The van der Waals surface area contributed by atoms with Crippen molar-refractivity contribution >= 4 is 11.9 Å². The summed E-state index contributed by atoms with van der Waals surface area (Å²) in [6, 6.07) is 20.4. The molecular weight excluding hydrogens is 598 g/mol. The second-order valence-electron chi connectivity index (χ2n) is 16.0. The average molecular weight is 666 g/mol. The molecule has 0 spiro atoms. The summed E-state index contributed by atoms with van der Waals surface area (Å²) in [5.74, 6) is -1.13. The number of carbonyl (C=O) groups excluding carboxylic acids is 2. The molecule has 4 unspecified atom stereocenters. The number of rotatable bonds is 20. The van der Waals surface area contributed by atoms with Crippen LogP contribution in [0, 0.1) is 11.8 Å². The summed E-state index contributed by atoms with van der Waals surface area (Å²) in [5, 5.41) is 2.01. The molecule has 48 heavy (non-hydrogen) atoms. The Morgan fingerprint density at radius 1 is 0.750 bits per heavy atom. The van der Waals surface area contributed by atoms with Gasteiger partial charge < -0.3 is 9.47 Å². The second-order valence-corrected chi connectivity index (χ2v) is 16.0. The largest absolute Gasteiger partial charge is 0.467 e. The highest BCUT2D eigenvalue weighted by molar-refractivity contribution is 5.81. The molecule has 0 heterocycles. The van der Waals surface area contributed by atoms with Crippen LogP contribution in [0.25, 0.3) is 0 Å². The fourth-order valence-corrected chi connectivity index (χ4v) is 6.59. The van der Waals surface area contributed by atoms with Crippen LogP contribution in [0.3, 0.4) is 0 Å². The van der Waals surface area contributed by atoms with Gasteiger partial charge in [0, 0.05) is 12.0 Å². The molecule has 0 fully saturated rings. The van der Waals surface area contributed by atoms with E-state index in [1.807, 2.05) is 62.2 Å². The van der Waals surface area contributed by atoms with Gasteiger partial charge in [-0.1, -0.05) is 127 Å². The molecule has 0 radical (unpaired) electrons. The van der Waals surface area contributed by atoms with Crippen molar-refractivity contribution in [3.63, 3.8) is 0 Å². The maximum absolute atomic E-state index is 14.3. The van der Waals surface area contributed by atoms with Crippen molar-refractivity contribution < 1.29 is 23.9 Å². The number of hydrogen-bond acceptors (Lipinski definition) is 6. The lowest BCUT2D eigenvalue weighted by Gasteiger charge is -2.47. The van der Waals surface area contributed by atoms with Crippen LogP contribution in [0.2, 0.25) is 0 Å². The van der Waals surface area contributed by atoms with E-state index < -0.39 is 28.6 Å². The van der Waals surface area contributed by atoms with Gasteiger partial charge in [0.2, 0.25) is 0 Å². The van der Waals surface area contributed by atoms with Crippen LogP contribution < -0.4 is 0 Å². The van der Waals surface area contributed by atoms with Crippen molar-refractivity contribution in [3.05, 3.63) is 71.8 Å². The predicted molar refractivity (Wildman–Crippen MR) is 197 cm³/mol. The summed E-state index contributed by atoms with van der Waals surface area (Å²) in [4.78, 5) is 35.6. The SMILES string of the molecule is CCCCCCCCCC(CC(CC(C)c1ccccc1)C(=O)OC(C)(C)C)(ON(C(c1ccccc1)C(C)C)C(C)(C)C)C(=O)OC. The molecule has 270 valence electrons. The minimum Gasteiger partial charge on any atom is -0.467 e. The van der Waals surface area contributed by atoms with Crippen molar-refractivity contribution in [2.24, 2.45) is 11.8 Å². The number of unbranched alkanes of at least 4 members (excludes halogenated alkanes) is 6. The zero-order chi connectivity index (χ0) is 36.0. The van der Waals surface area contributed by atoms with Crippen molar-refractivity contribution in [2.75, 3.05) is 7.11 Å². The van der Waals surface area contributed by atoms with Gasteiger partial charge in [0.1, 0.15) is 5.60 Å². The Hall–Kier alpha value is -2.70. The second kappa shape index (κ2) is 19.5. The lowest BCUT2D eigenvalue weighted by atomic mass is 9.80. The van der Waals surface area contributed by atoms with E-state index in [9.17, 15) is 9.59 Å². The smallest absolute Gasteiger partial charge is 0.340 e. The van der Waals surface area contributed by atoms with Gasteiger partial charge in [-0.3, -0.25) is 9.63 Å². The van der Waals surface area contributed by atoms with Gasteiger partial charge in [-0.15, -0.1) is 0 Å². The predicted octanol–water partition coefficient (Wildman–Crippen LogP) is 11.0. The summed E-state index contributed by atoms with van der Waals surface area (Å²) in [5.41, 5.74) is -0.304. The van der Waals surface area contributed by atoms with Crippen LogP contribution in [0.4, 0.5) is 0 Å². The standard InChI is InChI=1S/C42H67NO5/c1-12-13-14-15-16-17-24-29-42(39(45)46-11,48-43(40(5,6)7)37(32(2)3)35-27-22-19-23-28-35)31-36(38(44)47-41(8,9)10)30-33(4)34-25-20-18-21-26-34/h18-23,25-28,32-33,36-37H,12-17,24,29-31H2,1-11H3. The summed E-state index contributed by atoms with van der Waals surface area (Å²) >= 11 is 0. The Morgan fingerprint density at radius 3 is 1.75 bits per heavy atom. The van der Waals surface area contributed by atoms with Crippen LogP contribution in [-0.4, -0.2) is 40.9 Å². The molecule has 0 aromatic heterocycles. The van der Waals surface area contributed by atoms with Crippen LogP contribution in [0.5, 0.6) is 0 Å². The van der Waals surface area contributed by atoms with E-state index in [1.54, 1.807) is 0 Å². The van der Waals surface area contributed by atoms with E-state index in [2.05, 4.69) is 72.7 Å². The number of methoxy groups -OCH3 is 1. The van der Waals surface area contributed by atoms with E-state index >= 15 is 0 Å². The lowest BCUT2D eigenvalue weighted by molar-refractivity contribution is -0.312. The molecule has 0 saturated carbocycles. The number of carbonyl (C=O) groups is 2.